The van der Waals surface area contributed by atoms with Gasteiger partial charge < -0.3 is 29.9 Å². The van der Waals surface area contributed by atoms with Crippen molar-refractivity contribution >= 4 is 29.3 Å². The largest absolute Gasteiger partial charge is 0.454 e. The van der Waals surface area contributed by atoms with Gasteiger partial charge in [0.15, 0.2) is 11.5 Å². The van der Waals surface area contributed by atoms with Crippen molar-refractivity contribution in [1.82, 2.24) is 15.1 Å². The lowest BCUT2D eigenvalue weighted by atomic mass is 9.92. The third kappa shape index (κ3) is 4.44. The molecule has 2 fully saturated rings. The Kier molecular flexibility index (Phi) is 6.17. The van der Waals surface area contributed by atoms with Crippen LogP contribution in [0, 0.1) is 5.92 Å². The molecule has 198 valence electrons. The van der Waals surface area contributed by atoms with E-state index in [2.05, 4.69) is 10.6 Å². The predicted octanol–water partition coefficient (Wildman–Crippen LogP) is 2.38. The lowest BCUT2D eigenvalue weighted by Gasteiger charge is -2.38. The quantitative estimate of drug-likeness (QED) is 0.645. The van der Waals surface area contributed by atoms with Crippen molar-refractivity contribution in [3.63, 3.8) is 0 Å². The summed E-state index contributed by atoms with van der Waals surface area (Å²) in [5.74, 6) is 0.742. The van der Waals surface area contributed by atoms with E-state index < -0.39 is 6.04 Å². The fourth-order valence-electron chi connectivity index (χ4n) is 5.82. The van der Waals surface area contributed by atoms with Gasteiger partial charge in [-0.25, -0.2) is 0 Å². The van der Waals surface area contributed by atoms with Crippen LogP contribution in [-0.4, -0.2) is 71.9 Å². The molecule has 10 nitrogen and oxygen atoms in total. The lowest BCUT2D eigenvalue weighted by Crippen LogP contribution is -2.55. The SMILES string of the molecule is CC(=O)N1CCC(C(=O)NC2CCN3C(=O)c4cc(-c5ccc6c(c5)OCO6)ccc4NC(=O)C3C2)CC1. The predicted molar refractivity (Wildman–Crippen MR) is 138 cm³/mol. The summed E-state index contributed by atoms with van der Waals surface area (Å²) in [6.45, 7) is 3.27. The van der Waals surface area contributed by atoms with Crippen LogP contribution in [0.15, 0.2) is 36.4 Å². The Hall–Kier alpha value is -4.08. The number of piperidine rings is 2. The van der Waals surface area contributed by atoms with E-state index in [4.69, 9.17) is 9.47 Å². The van der Waals surface area contributed by atoms with Gasteiger partial charge in [0.25, 0.3) is 5.91 Å². The van der Waals surface area contributed by atoms with E-state index in [0.717, 1.165) is 11.1 Å². The number of anilines is 1. The standard InChI is InChI=1S/C28H30N4O6/c1-16(33)31-9-6-17(7-10-31)26(34)29-20-8-11-32-23(14-20)27(35)30-22-4-2-18(12-21(22)28(32)36)19-3-5-24-25(13-19)38-15-37-24/h2-5,12-13,17,20,23H,6-11,14-15H2,1H3,(H,29,34)(H,30,35). The van der Waals surface area contributed by atoms with Crippen LogP contribution in [0.4, 0.5) is 5.69 Å². The third-order valence-corrected chi connectivity index (χ3v) is 8.04. The molecular weight excluding hydrogens is 488 g/mol. The Morgan fingerprint density at radius 3 is 2.47 bits per heavy atom. The summed E-state index contributed by atoms with van der Waals surface area (Å²) in [6, 6.07) is 10.2. The van der Waals surface area contributed by atoms with Crippen molar-refractivity contribution < 1.29 is 28.7 Å². The molecule has 4 aliphatic rings. The zero-order valence-corrected chi connectivity index (χ0v) is 21.2. The summed E-state index contributed by atoms with van der Waals surface area (Å²) in [4.78, 5) is 54.7. The minimum absolute atomic E-state index is 0.0317. The van der Waals surface area contributed by atoms with Gasteiger partial charge in [-0.1, -0.05) is 12.1 Å². The number of fused-ring (bicyclic) bond motifs is 3. The minimum atomic E-state index is -0.664. The fraction of sp³-hybridized carbons (Fsp3) is 0.429. The second-order valence-corrected chi connectivity index (χ2v) is 10.3. The highest BCUT2D eigenvalue weighted by Crippen LogP contribution is 2.37. The normalized spacial score (nSPS) is 22.8. The molecule has 2 aromatic rings. The zero-order valence-electron chi connectivity index (χ0n) is 21.2. The number of carbonyl (C=O) groups is 4. The Morgan fingerprint density at radius 2 is 1.68 bits per heavy atom. The van der Waals surface area contributed by atoms with Crippen molar-refractivity contribution in [1.29, 1.82) is 0 Å². The van der Waals surface area contributed by atoms with Crippen LogP contribution in [-0.2, 0) is 14.4 Å². The van der Waals surface area contributed by atoms with Crippen LogP contribution in [0.1, 0.15) is 43.0 Å². The maximum absolute atomic E-state index is 13.6. The first kappa shape index (κ1) is 24.3. The highest BCUT2D eigenvalue weighted by atomic mass is 16.7. The van der Waals surface area contributed by atoms with Crippen molar-refractivity contribution in [3.05, 3.63) is 42.0 Å². The van der Waals surface area contributed by atoms with E-state index in [0.29, 0.717) is 68.1 Å². The molecule has 0 radical (unpaired) electrons. The average Bonchev–Trinajstić information content (AvgIpc) is 3.37. The molecule has 2 aromatic carbocycles. The molecule has 6 rings (SSSR count). The van der Waals surface area contributed by atoms with Crippen LogP contribution < -0.4 is 20.1 Å². The molecular formula is C28H30N4O6. The zero-order chi connectivity index (χ0) is 26.4. The average molecular weight is 519 g/mol. The second-order valence-electron chi connectivity index (χ2n) is 10.3. The van der Waals surface area contributed by atoms with Gasteiger partial charge in [0.05, 0.1) is 11.3 Å². The molecule has 0 bridgehead atoms. The van der Waals surface area contributed by atoms with Crippen LogP contribution in [0.3, 0.4) is 0 Å². The number of amides is 4. The number of carbonyl (C=O) groups excluding carboxylic acids is 4. The van der Waals surface area contributed by atoms with Gasteiger partial charge in [-0.3, -0.25) is 19.2 Å². The van der Waals surface area contributed by atoms with Gasteiger partial charge in [-0.2, -0.15) is 0 Å². The van der Waals surface area contributed by atoms with Gasteiger partial charge in [-0.15, -0.1) is 0 Å². The van der Waals surface area contributed by atoms with Gasteiger partial charge in [0, 0.05) is 38.5 Å². The molecule has 10 heteroatoms. The summed E-state index contributed by atoms with van der Waals surface area (Å²) in [5.41, 5.74) is 2.64. The number of rotatable bonds is 3. The molecule has 2 saturated heterocycles. The fourth-order valence-corrected chi connectivity index (χ4v) is 5.82. The molecule has 38 heavy (non-hydrogen) atoms. The van der Waals surface area contributed by atoms with E-state index in [1.807, 2.05) is 24.3 Å². The third-order valence-electron chi connectivity index (χ3n) is 8.04. The molecule has 0 aromatic heterocycles. The van der Waals surface area contributed by atoms with Crippen molar-refractivity contribution in [3.8, 4) is 22.6 Å². The van der Waals surface area contributed by atoms with Crippen LogP contribution >= 0.6 is 0 Å². The van der Waals surface area contributed by atoms with Crippen molar-refractivity contribution in [2.24, 2.45) is 5.92 Å². The summed E-state index contributed by atoms with van der Waals surface area (Å²) >= 11 is 0. The van der Waals surface area contributed by atoms with Crippen molar-refractivity contribution in [2.75, 3.05) is 31.7 Å². The lowest BCUT2D eigenvalue weighted by molar-refractivity contribution is -0.134. The van der Waals surface area contributed by atoms with Crippen molar-refractivity contribution in [2.45, 2.75) is 44.7 Å². The van der Waals surface area contributed by atoms with E-state index in [9.17, 15) is 19.2 Å². The molecule has 0 spiro atoms. The first-order valence-corrected chi connectivity index (χ1v) is 13.1. The molecule has 2 atom stereocenters. The number of hydrogen-bond acceptors (Lipinski definition) is 6. The maximum atomic E-state index is 13.6. The maximum Gasteiger partial charge on any atom is 0.256 e. The summed E-state index contributed by atoms with van der Waals surface area (Å²) in [5, 5.41) is 6.04. The van der Waals surface area contributed by atoms with Gasteiger partial charge in [0.2, 0.25) is 24.5 Å². The number of hydrogen-bond donors (Lipinski definition) is 2. The summed E-state index contributed by atoms with van der Waals surface area (Å²) < 4.78 is 10.9. The number of nitrogens with one attached hydrogen (secondary N) is 2. The number of ether oxygens (including phenoxy) is 2. The molecule has 0 aliphatic carbocycles. The number of benzene rings is 2. The highest BCUT2D eigenvalue weighted by Gasteiger charge is 2.41. The molecule has 2 N–H and O–H groups in total. The Balaban J connectivity index is 1.15. The topological polar surface area (TPSA) is 117 Å². The van der Waals surface area contributed by atoms with Crippen LogP contribution in [0.5, 0.6) is 11.5 Å². The van der Waals surface area contributed by atoms with Crippen LogP contribution in [0.2, 0.25) is 0 Å². The number of nitrogens with zero attached hydrogens (tertiary/aromatic N) is 2. The smallest absolute Gasteiger partial charge is 0.256 e. The molecule has 0 saturated carbocycles. The van der Waals surface area contributed by atoms with Crippen LogP contribution in [0.25, 0.3) is 11.1 Å². The van der Waals surface area contributed by atoms with Gasteiger partial charge >= 0.3 is 0 Å². The van der Waals surface area contributed by atoms with Gasteiger partial charge in [-0.05, 0) is 61.1 Å². The Labute approximate surface area is 220 Å². The molecule has 4 amide bonds. The Morgan fingerprint density at radius 1 is 0.947 bits per heavy atom. The molecule has 2 unspecified atom stereocenters. The van der Waals surface area contributed by atoms with E-state index in [1.165, 1.54) is 0 Å². The van der Waals surface area contributed by atoms with E-state index in [-0.39, 0.29) is 42.4 Å². The number of likely N-dealkylation sites (tertiary alicyclic amines) is 1. The van der Waals surface area contributed by atoms with E-state index in [1.54, 1.807) is 28.9 Å². The van der Waals surface area contributed by atoms with Gasteiger partial charge in [0.1, 0.15) is 6.04 Å². The minimum Gasteiger partial charge on any atom is -0.454 e. The monoisotopic (exact) mass is 518 g/mol. The summed E-state index contributed by atoms with van der Waals surface area (Å²) in [6.07, 6.45) is 2.20. The molecule has 4 aliphatic heterocycles. The summed E-state index contributed by atoms with van der Waals surface area (Å²) in [7, 11) is 0. The first-order chi connectivity index (χ1) is 18.4. The Bertz CT molecular complexity index is 1320. The first-order valence-electron chi connectivity index (χ1n) is 13.1. The van der Waals surface area contributed by atoms with E-state index >= 15 is 0 Å². The second kappa shape index (κ2) is 9.66. The molecule has 4 heterocycles. The highest BCUT2D eigenvalue weighted by molar-refractivity contribution is 6.10.